The van der Waals surface area contributed by atoms with Crippen LogP contribution in [0.15, 0.2) is 59.5 Å². The second kappa shape index (κ2) is 14.1. The fraction of sp³-hybridized carbons (Fsp3) is 0.394. The van der Waals surface area contributed by atoms with Crippen molar-refractivity contribution in [1.82, 2.24) is 5.32 Å². The Bertz CT molecular complexity index is 1950. The van der Waals surface area contributed by atoms with Crippen LogP contribution in [0.2, 0.25) is 5.02 Å². The van der Waals surface area contributed by atoms with Gasteiger partial charge in [-0.3, -0.25) is 14.1 Å². The summed E-state index contributed by atoms with van der Waals surface area (Å²) in [5, 5.41) is 34.0. The maximum Gasteiger partial charge on any atom is 0.573 e. The van der Waals surface area contributed by atoms with E-state index in [-0.39, 0.29) is 52.8 Å². The van der Waals surface area contributed by atoms with Gasteiger partial charge in [-0.1, -0.05) is 23.2 Å². The van der Waals surface area contributed by atoms with Crippen LogP contribution in [0.3, 0.4) is 0 Å². The molecule has 2 unspecified atom stereocenters. The van der Waals surface area contributed by atoms with Crippen LogP contribution in [0.5, 0.6) is 17.2 Å². The molecule has 5 rings (SSSR count). The number of methoxy groups -OCH3 is 2. The lowest BCUT2D eigenvalue weighted by molar-refractivity contribution is -0.971. The first-order valence-electron chi connectivity index (χ1n) is 15.6. The van der Waals surface area contributed by atoms with E-state index in [1.54, 1.807) is 13.0 Å². The Kier molecular flexibility index (Phi) is 10.6. The number of carbonyl (C=O) groups is 2. The molecule has 3 aromatic carbocycles. The summed E-state index contributed by atoms with van der Waals surface area (Å²) in [5.41, 5.74) is -2.19. The summed E-state index contributed by atoms with van der Waals surface area (Å²) in [7, 11) is -2.89. The molecule has 2 aliphatic rings. The summed E-state index contributed by atoms with van der Waals surface area (Å²) in [4.78, 5) is 28.6. The van der Waals surface area contributed by atoms with E-state index in [2.05, 4.69) is 10.1 Å². The minimum Gasteiger partial charge on any atom is -0.497 e. The molecule has 2 aliphatic heterocycles. The molecule has 276 valence electrons. The third-order valence-corrected chi connectivity index (χ3v) is 11.2. The van der Waals surface area contributed by atoms with Crippen molar-refractivity contribution in [2.75, 3.05) is 51.4 Å². The number of anilines is 1. The standard InChI is InChI=1S/C33H35ClF3N3O10S/c1-19-4-8-27(49-3)24(14-19)32(40(11-13-42)18-21(43)16-26(40)30(44)38-10-12-41)23-15-20(34)5-7-25(23)39(31(32)45)51(46,47)29-9-6-22(48-2)17-28(29)50-33(35,36)37/h4-9,14-15,17,21,26,41-43H,10-13,16,18H2,1-3H3/p+1/t21-,26+,32?,40?/m1/s1. The zero-order valence-electron chi connectivity index (χ0n) is 27.6. The van der Waals surface area contributed by atoms with Gasteiger partial charge in [-0.25, -0.2) is 8.42 Å². The molecular weight excluding hydrogens is 723 g/mol. The van der Waals surface area contributed by atoms with Crippen molar-refractivity contribution in [1.29, 1.82) is 0 Å². The highest BCUT2D eigenvalue weighted by Crippen LogP contribution is 2.59. The molecule has 3 aromatic rings. The maximum atomic E-state index is 15.7. The third kappa shape index (κ3) is 6.35. The van der Waals surface area contributed by atoms with Gasteiger partial charge in [-0.05, 0) is 49.4 Å². The van der Waals surface area contributed by atoms with E-state index in [9.17, 15) is 41.7 Å². The molecule has 0 bridgehead atoms. The molecule has 0 aliphatic carbocycles. The van der Waals surface area contributed by atoms with Gasteiger partial charge in [0.2, 0.25) is 5.54 Å². The van der Waals surface area contributed by atoms with Gasteiger partial charge in [0.25, 0.3) is 15.9 Å². The highest BCUT2D eigenvalue weighted by molar-refractivity contribution is 7.93. The number of ether oxygens (including phenoxy) is 3. The Hall–Kier alpha value is -4.13. The molecule has 1 saturated heterocycles. The van der Waals surface area contributed by atoms with Crippen molar-refractivity contribution >= 4 is 39.1 Å². The number of aliphatic hydroxyl groups is 3. The topological polar surface area (TPSA) is 172 Å². The predicted octanol–water partition coefficient (Wildman–Crippen LogP) is 2.59. The van der Waals surface area contributed by atoms with Gasteiger partial charge in [-0.15, -0.1) is 13.2 Å². The van der Waals surface area contributed by atoms with Crippen LogP contribution in [0.1, 0.15) is 23.1 Å². The summed E-state index contributed by atoms with van der Waals surface area (Å²) in [5.74, 6) is -3.31. The normalized spacial score (nSPS) is 23.3. The largest absolute Gasteiger partial charge is 0.573 e. The molecular formula is C33H36ClF3N3O10S+. The first kappa shape index (κ1) is 38.1. The van der Waals surface area contributed by atoms with Crippen molar-refractivity contribution in [3.05, 3.63) is 76.3 Å². The van der Waals surface area contributed by atoms with E-state index in [4.69, 9.17) is 21.1 Å². The summed E-state index contributed by atoms with van der Waals surface area (Å²) >= 11 is 6.54. The maximum absolute atomic E-state index is 15.7. The van der Waals surface area contributed by atoms with E-state index in [1.807, 2.05) is 0 Å². The number of fused-ring (bicyclic) bond motifs is 1. The van der Waals surface area contributed by atoms with Gasteiger partial charge in [0.1, 0.15) is 35.6 Å². The van der Waals surface area contributed by atoms with Crippen LogP contribution >= 0.6 is 11.6 Å². The number of aliphatic hydroxyl groups excluding tert-OH is 3. The number of hydrogen-bond donors (Lipinski definition) is 4. The molecule has 2 amide bonds. The number of nitrogens with one attached hydrogen (secondary N) is 1. The number of rotatable bonds is 12. The second-order valence-corrected chi connectivity index (χ2v) is 14.3. The van der Waals surface area contributed by atoms with Crippen molar-refractivity contribution < 1.29 is 65.2 Å². The summed E-state index contributed by atoms with van der Waals surface area (Å²) in [6.07, 6.45) is -6.89. The number of likely N-dealkylation sites (tertiary alicyclic amines) is 1. The first-order valence-corrected chi connectivity index (χ1v) is 17.4. The number of quaternary nitrogens is 1. The highest BCUT2D eigenvalue weighted by Gasteiger charge is 2.73. The van der Waals surface area contributed by atoms with Crippen molar-refractivity contribution in [2.45, 2.75) is 42.3 Å². The van der Waals surface area contributed by atoms with Crippen LogP contribution < -0.4 is 23.8 Å². The Morgan fingerprint density at radius 3 is 2.39 bits per heavy atom. The third-order valence-electron chi connectivity index (χ3n) is 9.21. The molecule has 0 saturated carbocycles. The average molecular weight is 759 g/mol. The second-order valence-electron chi connectivity index (χ2n) is 12.1. The summed E-state index contributed by atoms with van der Waals surface area (Å²) in [6, 6.07) is 9.72. The Morgan fingerprint density at radius 1 is 1.04 bits per heavy atom. The number of carbonyl (C=O) groups excluding carboxylic acids is 2. The summed E-state index contributed by atoms with van der Waals surface area (Å²) < 4.78 is 84.9. The number of aryl methyl sites for hydroxylation is 1. The fourth-order valence-electron chi connectivity index (χ4n) is 7.38. The van der Waals surface area contributed by atoms with Gasteiger partial charge in [0, 0.05) is 24.1 Å². The number of alkyl halides is 3. The predicted molar refractivity (Wildman–Crippen MR) is 176 cm³/mol. The van der Waals surface area contributed by atoms with E-state index in [1.165, 1.54) is 37.4 Å². The molecule has 0 spiro atoms. The van der Waals surface area contributed by atoms with Crippen LogP contribution in [0, 0.1) is 6.92 Å². The Morgan fingerprint density at radius 2 is 1.76 bits per heavy atom. The lowest BCUT2D eigenvalue weighted by atomic mass is 9.77. The highest BCUT2D eigenvalue weighted by atomic mass is 35.5. The van der Waals surface area contributed by atoms with Gasteiger partial charge in [0.05, 0.1) is 44.2 Å². The van der Waals surface area contributed by atoms with Gasteiger partial charge < -0.3 is 34.8 Å². The molecule has 13 nitrogen and oxygen atoms in total. The number of halogens is 4. The van der Waals surface area contributed by atoms with Gasteiger partial charge in [-0.2, -0.15) is 4.31 Å². The minimum absolute atomic E-state index is 0.0190. The smallest absolute Gasteiger partial charge is 0.497 e. The first-order chi connectivity index (χ1) is 24.0. The van der Waals surface area contributed by atoms with Crippen molar-refractivity contribution in [3.63, 3.8) is 0 Å². The number of sulfonamides is 1. The molecule has 0 aromatic heterocycles. The van der Waals surface area contributed by atoms with Crippen LogP contribution in [-0.2, 0) is 25.2 Å². The molecule has 4 N–H and O–H groups in total. The van der Waals surface area contributed by atoms with Gasteiger partial charge in [0.15, 0.2) is 11.8 Å². The van der Waals surface area contributed by atoms with Crippen LogP contribution in [0.4, 0.5) is 18.9 Å². The van der Waals surface area contributed by atoms with Gasteiger partial charge >= 0.3 is 12.3 Å². The van der Waals surface area contributed by atoms with E-state index < -0.39 is 80.8 Å². The zero-order valence-corrected chi connectivity index (χ0v) is 29.2. The molecule has 18 heteroatoms. The monoisotopic (exact) mass is 758 g/mol. The lowest BCUT2D eigenvalue weighted by Crippen LogP contribution is -2.72. The zero-order chi connectivity index (χ0) is 37.5. The van der Waals surface area contributed by atoms with Crippen molar-refractivity contribution in [3.8, 4) is 17.2 Å². The molecule has 0 radical (unpaired) electrons. The lowest BCUT2D eigenvalue weighted by Gasteiger charge is -2.51. The van der Waals surface area contributed by atoms with E-state index in [0.29, 0.717) is 15.9 Å². The average Bonchev–Trinajstić information content (AvgIpc) is 3.54. The molecule has 51 heavy (non-hydrogen) atoms. The van der Waals surface area contributed by atoms with Crippen molar-refractivity contribution in [2.24, 2.45) is 0 Å². The van der Waals surface area contributed by atoms with Crippen LogP contribution in [-0.4, -0.2) is 106 Å². The molecule has 2 heterocycles. The molecule has 4 atom stereocenters. The number of nitrogens with zero attached hydrogens (tertiary/aromatic N) is 2. The Labute approximate surface area is 296 Å². The number of benzene rings is 3. The molecule has 1 fully saturated rings. The fourth-order valence-corrected chi connectivity index (χ4v) is 9.11. The van der Waals surface area contributed by atoms with Crippen LogP contribution in [0.25, 0.3) is 0 Å². The van der Waals surface area contributed by atoms with E-state index in [0.717, 1.165) is 19.2 Å². The SMILES string of the molecule is COc1ccc(S(=O)(=O)N2C(=O)C(c3cc(C)ccc3OC)([N+]3(CCO)C[C@H](O)C[C@H]3C(=O)NCCO)c3cc(Cl)ccc32)c(OC(F)(F)F)c1. The summed E-state index contributed by atoms with van der Waals surface area (Å²) in [6.45, 7) is -0.451. The number of amides is 2. The van der Waals surface area contributed by atoms with E-state index >= 15 is 4.79 Å². The quantitative estimate of drug-likeness (QED) is 0.201. The Balaban J connectivity index is 1.93. The minimum atomic E-state index is -5.35. The number of hydrogen-bond acceptors (Lipinski definition) is 10.